The third kappa shape index (κ3) is 4.79. The molecule has 0 aliphatic carbocycles. The van der Waals surface area contributed by atoms with Gasteiger partial charge in [-0.3, -0.25) is 4.79 Å². The zero-order chi connectivity index (χ0) is 11.8. The summed E-state index contributed by atoms with van der Waals surface area (Å²) < 4.78 is 17.5. The lowest BCUT2D eigenvalue weighted by molar-refractivity contribution is -0.111. The molecule has 0 aliphatic heterocycles. The molecule has 0 saturated heterocycles. The Morgan fingerprint density at radius 2 is 2.07 bits per heavy atom. The molecular weight excluding hydrogens is 219 g/mol. The first-order chi connectivity index (χ1) is 7.13. The van der Waals surface area contributed by atoms with Crippen LogP contribution in [0.5, 0.6) is 5.75 Å². The van der Waals surface area contributed by atoms with Gasteiger partial charge in [0.15, 0.2) is 0 Å². The van der Waals surface area contributed by atoms with Crippen LogP contribution in [0.3, 0.4) is 0 Å². The van der Waals surface area contributed by atoms with Crippen LogP contribution in [0, 0.1) is 5.82 Å². The van der Waals surface area contributed by atoms with E-state index in [0.29, 0.717) is 11.3 Å². The second-order valence-electron chi connectivity index (χ2n) is 2.49. The van der Waals surface area contributed by atoms with Crippen molar-refractivity contribution in [3.8, 4) is 5.75 Å². The number of methoxy groups -OCH3 is 1. The Bertz CT molecular complexity index is 326. The average Bonchev–Trinajstić information content (AvgIpc) is 2.23. The van der Waals surface area contributed by atoms with Gasteiger partial charge in [-0.1, -0.05) is 19.9 Å². The van der Waals surface area contributed by atoms with Crippen LogP contribution in [0.2, 0.25) is 0 Å². The lowest BCUT2D eigenvalue weighted by atomic mass is 10.1. The minimum absolute atomic E-state index is 0.0466. The number of rotatable bonds is 3. The first-order valence-electron chi connectivity index (χ1n) is 4.64. The van der Waals surface area contributed by atoms with Gasteiger partial charge in [0.1, 0.15) is 11.6 Å². The highest BCUT2D eigenvalue weighted by Crippen LogP contribution is 2.20. The van der Waals surface area contributed by atoms with Crippen LogP contribution in [0.25, 0.3) is 0 Å². The van der Waals surface area contributed by atoms with Crippen molar-refractivity contribution in [1.29, 1.82) is 0 Å². The van der Waals surface area contributed by atoms with Gasteiger partial charge in [0.2, 0.25) is 5.24 Å². The van der Waals surface area contributed by atoms with Crippen LogP contribution in [-0.2, 0) is 11.2 Å². The summed E-state index contributed by atoms with van der Waals surface area (Å²) in [6.07, 6.45) is 0.0466. The van der Waals surface area contributed by atoms with Crippen molar-refractivity contribution in [3.05, 3.63) is 29.6 Å². The van der Waals surface area contributed by atoms with Crippen molar-refractivity contribution in [3.63, 3.8) is 0 Å². The van der Waals surface area contributed by atoms with Gasteiger partial charge in [-0.2, -0.15) is 0 Å². The molecule has 0 fully saturated rings. The second kappa shape index (κ2) is 7.23. The smallest absolute Gasteiger partial charge is 0.226 e. The molecule has 0 amide bonds. The minimum atomic E-state index is -0.495. The summed E-state index contributed by atoms with van der Waals surface area (Å²) in [6, 6.07) is 3.96. The maximum absolute atomic E-state index is 12.7. The average molecular weight is 233 g/mol. The van der Waals surface area contributed by atoms with Crippen molar-refractivity contribution in [2.45, 2.75) is 20.3 Å². The number of carbonyl (C=O) groups is 1. The summed E-state index contributed by atoms with van der Waals surface area (Å²) in [5, 5.41) is -0.495. The van der Waals surface area contributed by atoms with Gasteiger partial charge in [0.25, 0.3) is 0 Å². The van der Waals surface area contributed by atoms with Crippen LogP contribution < -0.4 is 4.74 Å². The Balaban J connectivity index is 0.000000921. The Morgan fingerprint density at radius 1 is 1.47 bits per heavy atom. The molecule has 1 aromatic rings. The Kier molecular flexibility index (Phi) is 6.71. The highest BCUT2D eigenvalue weighted by atomic mass is 35.5. The molecule has 0 aromatic heterocycles. The van der Waals surface area contributed by atoms with Crippen LogP contribution in [0.15, 0.2) is 18.2 Å². The van der Waals surface area contributed by atoms with Gasteiger partial charge >= 0.3 is 0 Å². The van der Waals surface area contributed by atoms with Gasteiger partial charge in [-0.25, -0.2) is 4.39 Å². The van der Waals surface area contributed by atoms with Crippen LogP contribution in [0.1, 0.15) is 19.4 Å². The normalized spacial score (nSPS) is 8.87. The SMILES string of the molecule is CC.COc1cc(F)ccc1CC(=O)Cl. The van der Waals surface area contributed by atoms with Gasteiger partial charge in [-0.15, -0.1) is 0 Å². The molecule has 2 nitrogen and oxygen atoms in total. The van der Waals surface area contributed by atoms with Gasteiger partial charge in [0.05, 0.1) is 13.5 Å². The maximum Gasteiger partial charge on any atom is 0.226 e. The fraction of sp³-hybridized carbons (Fsp3) is 0.364. The van der Waals surface area contributed by atoms with Gasteiger partial charge < -0.3 is 4.74 Å². The van der Waals surface area contributed by atoms with E-state index in [1.165, 1.54) is 25.3 Å². The lowest BCUT2D eigenvalue weighted by Crippen LogP contribution is -1.97. The second-order valence-corrected chi connectivity index (χ2v) is 2.91. The number of halogens is 2. The predicted octanol–water partition coefficient (Wildman–Crippen LogP) is 3.17. The van der Waals surface area contributed by atoms with E-state index in [2.05, 4.69) is 0 Å². The molecule has 0 saturated carbocycles. The van der Waals surface area contributed by atoms with Gasteiger partial charge in [-0.05, 0) is 17.7 Å². The first kappa shape index (κ1) is 13.9. The molecule has 0 aliphatic rings. The standard InChI is InChI=1S/C9H8ClFO2.C2H6/c1-13-8-5-7(11)3-2-6(8)4-9(10)12;1-2/h2-3,5H,4H2,1H3;1-2H3. The molecule has 15 heavy (non-hydrogen) atoms. The van der Waals surface area contributed by atoms with E-state index in [1.54, 1.807) is 0 Å². The number of benzene rings is 1. The van der Waals surface area contributed by atoms with Crippen LogP contribution in [-0.4, -0.2) is 12.4 Å². The summed E-state index contributed by atoms with van der Waals surface area (Å²) in [6.45, 7) is 4.00. The summed E-state index contributed by atoms with van der Waals surface area (Å²) in [4.78, 5) is 10.6. The van der Waals surface area contributed by atoms with Crippen molar-refractivity contribution in [1.82, 2.24) is 0 Å². The van der Waals surface area contributed by atoms with Crippen molar-refractivity contribution < 1.29 is 13.9 Å². The van der Waals surface area contributed by atoms with E-state index in [-0.39, 0.29) is 6.42 Å². The van der Waals surface area contributed by atoms with E-state index >= 15 is 0 Å². The highest BCUT2D eigenvalue weighted by Gasteiger charge is 2.07. The van der Waals surface area contributed by atoms with Crippen molar-refractivity contribution >= 4 is 16.8 Å². The number of carbonyl (C=O) groups excluding carboxylic acids is 1. The Morgan fingerprint density at radius 3 is 2.53 bits per heavy atom. The number of ether oxygens (including phenoxy) is 1. The predicted molar refractivity (Wildman–Crippen MR) is 58.9 cm³/mol. The molecule has 0 spiro atoms. The molecule has 0 N–H and O–H groups in total. The van der Waals surface area contributed by atoms with E-state index in [0.717, 1.165) is 0 Å². The fourth-order valence-corrected chi connectivity index (χ4v) is 1.16. The van der Waals surface area contributed by atoms with Gasteiger partial charge in [0, 0.05) is 11.6 Å². The maximum atomic E-state index is 12.7. The molecule has 1 rings (SSSR count). The summed E-state index contributed by atoms with van der Waals surface area (Å²) in [5.41, 5.74) is 0.587. The molecule has 4 heteroatoms. The molecule has 84 valence electrons. The summed E-state index contributed by atoms with van der Waals surface area (Å²) in [5.74, 6) is -0.0587. The molecule has 0 bridgehead atoms. The van der Waals surface area contributed by atoms with E-state index in [1.807, 2.05) is 13.8 Å². The van der Waals surface area contributed by atoms with Crippen LogP contribution in [0.4, 0.5) is 4.39 Å². The minimum Gasteiger partial charge on any atom is -0.496 e. The van der Waals surface area contributed by atoms with Crippen molar-refractivity contribution in [2.75, 3.05) is 7.11 Å². The molecule has 0 heterocycles. The molecule has 0 atom stereocenters. The summed E-state index contributed by atoms with van der Waals surface area (Å²) >= 11 is 5.19. The molecular formula is C11H14ClFO2. The highest BCUT2D eigenvalue weighted by molar-refractivity contribution is 6.63. The third-order valence-corrected chi connectivity index (χ3v) is 1.71. The molecule has 0 radical (unpaired) electrons. The monoisotopic (exact) mass is 232 g/mol. The van der Waals surface area contributed by atoms with E-state index < -0.39 is 11.1 Å². The van der Waals surface area contributed by atoms with E-state index in [4.69, 9.17) is 16.3 Å². The topological polar surface area (TPSA) is 26.3 Å². The zero-order valence-corrected chi connectivity index (χ0v) is 9.77. The quantitative estimate of drug-likeness (QED) is 0.749. The zero-order valence-electron chi connectivity index (χ0n) is 9.01. The number of hydrogen-bond acceptors (Lipinski definition) is 2. The fourth-order valence-electron chi connectivity index (χ4n) is 1.01. The number of hydrogen-bond donors (Lipinski definition) is 0. The molecule has 1 aromatic carbocycles. The third-order valence-electron chi connectivity index (χ3n) is 1.58. The lowest BCUT2D eigenvalue weighted by Gasteiger charge is -2.05. The van der Waals surface area contributed by atoms with Crippen molar-refractivity contribution in [2.24, 2.45) is 0 Å². The van der Waals surface area contributed by atoms with E-state index in [9.17, 15) is 9.18 Å². The Hall–Kier alpha value is -1.09. The molecule has 0 unspecified atom stereocenters. The first-order valence-corrected chi connectivity index (χ1v) is 5.02. The van der Waals surface area contributed by atoms with Crippen LogP contribution >= 0.6 is 11.6 Å². The largest absolute Gasteiger partial charge is 0.496 e. The summed E-state index contributed by atoms with van der Waals surface area (Å²) in [7, 11) is 1.41. The Labute approximate surface area is 94.0 Å².